The van der Waals surface area contributed by atoms with Crippen LogP contribution in [0.4, 0.5) is 5.69 Å². The van der Waals surface area contributed by atoms with Crippen LogP contribution in [-0.4, -0.2) is 24.2 Å². The van der Waals surface area contributed by atoms with E-state index in [2.05, 4.69) is 5.32 Å². The molecule has 1 aliphatic rings. The summed E-state index contributed by atoms with van der Waals surface area (Å²) >= 11 is 0. The first kappa shape index (κ1) is 14.9. The van der Waals surface area contributed by atoms with Crippen LogP contribution in [0.15, 0.2) is 12.1 Å². The van der Waals surface area contributed by atoms with Gasteiger partial charge in [0, 0.05) is 23.2 Å². The van der Waals surface area contributed by atoms with Crippen LogP contribution in [0.5, 0.6) is 0 Å². The maximum Gasteiger partial charge on any atom is 0.251 e. The molecule has 2 rings (SSSR count). The number of anilines is 1. The number of carbonyl (C=O) groups excluding carboxylic acids is 1. The molecule has 4 heteroatoms. The number of benzene rings is 1. The normalized spacial score (nSPS) is 17.1. The Morgan fingerprint density at radius 2 is 1.95 bits per heavy atom. The van der Waals surface area contributed by atoms with E-state index in [1.165, 1.54) is 0 Å². The van der Waals surface area contributed by atoms with Gasteiger partial charge in [-0.3, -0.25) is 4.79 Å². The van der Waals surface area contributed by atoms with Gasteiger partial charge in [-0.1, -0.05) is 18.9 Å². The fourth-order valence-electron chi connectivity index (χ4n) is 2.99. The van der Waals surface area contributed by atoms with Gasteiger partial charge in [0.2, 0.25) is 0 Å². The number of carbonyl (C=O) groups is 1. The third kappa shape index (κ3) is 2.96. The van der Waals surface area contributed by atoms with Crippen molar-refractivity contribution in [2.75, 3.05) is 18.9 Å². The van der Waals surface area contributed by atoms with Crippen molar-refractivity contribution >= 4 is 11.6 Å². The zero-order valence-electron chi connectivity index (χ0n) is 12.3. The summed E-state index contributed by atoms with van der Waals surface area (Å²) in [4.78, 5) is 12.3. The second kappa shape index (κ2) is 5.83. The van der Waals surface area contributed by atoms with Gasteiger partial charge in [0.15, 0.2) is 0 Å². The Kier molecular flexibility index (Phi) is 4.33. The SMILES string of the molecule is Cc1cc(C)c(C(=O)NCC2(CO)CCCC2)cc1N. The molecule has 1 aliphatic carbocycles. The van der Waals surface area contributed by atoms with Gasteiger partial charge < -0.3 is 16.2 Å². The van der Waals surface area contributed by atoms with E-state index in [1.807, 2.05) is 19.9 Å². The van der Waals surface area contributed by atoms with Gasteiger partial charge in [0.1, 0.15) is 0 Å². The summed E-state index contributed by atoms with van der Waals surface area (Å²) in [5.41, 5.74) is 8.93. The fraction of sp³-hybridized carbons (Fsp3) is 0.562. The van der Waals surface area contributed by atoms with E-state index in [0.29, 0.717) is 17.8 Å². The quantitative estimate of drug-likeness (QED) is 0.738. The van der Waals surface area contributed by atoms with Crippen LogP contribution >= 0.6 is 0 Å². The number of rotatable bonds is 4. The average molecular weight is 276 g/mol. The lowest BCUT2D eigenvalue weighted by Crippen LogP contribution is -2.38. The van der Waals surface area contributed by atoms with Crippen LogP contribution < -0.4 is 11.1 Å². The Hall–Kier alpha value is -1.55. The van der Waals surface area contributed by atoms with E-state index < -0.39 is 0 Å². The van der Waals surface area contributed by atoms with Crippen molar-refractivity contribution in [3.8, 4) is 0 Å². The molecule has 1 aromatic carbocycles. The predicted octanol–water partition coefficient (Wildman–Crippen LogP) is 2.17. The molecule has 1 aromatic rings. The molecule has 0 saturated heterocycles. The molecule has 0 bridgehead atoms. The number of nitrogens with two attached hydrogens (primary N) is 1. The monoisotopic (exact) mass is 276 g/mol. The maximum atomic E-state index is 12.3. The van der Waals surface area contributed by atoms with Crippen LogP contribution in [0.25, 0.3) is 0 Å². The number of hydrogen-bond donors (Lipinski definition) is 3. The third-order valence-electron chi connectivity index (χ3n) is 4.48. The lowest BCUT2D eigenvalue weighted by atomic mass is 9.87. The van der Waals surface area contributed by atoms with Crippen molar-refractivity contribution in [2.45, 2.75) is 39.5 Å². The van der Waals surface area contributed by atoms with E-state index in [1.54, 1.807) is 6.07 Å². The highest BCUT2D eigenvalue weighted by molar-refractivity contribution is 5.96. The highest BCUT2D eigenvalue weighted by atomic mass is 16.3. The molecule has 1 saturated carbocycles. The zero-order chi connectivity index (χ0) is 14.8. The van der Waals surface area contributed by atoms with Crippen LogP contribution in [0.1, 0.15) is 47.2 Å². The summed E-state index contributed by atoms with van der Waals surface area (Å²) in [6.45, 7) is 4.53. The molecular formula is C16H24N2O2. The summed E-state index contributed by atoms with van der Waals surface area (Å²) < 4.78 is 0. The molecule has 110 valence electrons. The minimum absolute atomic E-state index is 0.103. The number of aryl methyl sites for hydroxylation is 2. The van der Waals surface area contributed by atoms with Gasteiger partial charge in [-0.05, 0) is 43.9 Å². The van der Waals surface area contributed by atoms with Crippen LogP contribution in [0.2, 0.25) is 0 Å². The molecule has 1 amide bonds. The predicted molar refractivity (Wildman–Crippen MR) is 80.6 cm³/mol. The molecule has 0 radical (unpaired) electrons. The lowest BCUT2D eigenvalue weighted by molar-refractivity contribution is 0.0880. The van der Waals surface area contributed by atoms with E-state index in [4.69, 9.17) is 5.73 Å². The number of hydrogen-bond acceptors (Lipinski definition) is 3. The summed E-state index contributed by atoms with van der Waals surface area (Å²) in [6.07, 6.45) is 4.23. The number of aliphatic hydroxyl groups excluding tert-OH is 1. The summed E-state index contributed by atoms with van der Waals surface area (Å²) in [7, 11) is 0. The molecule has 1 fully saturated rings. The van der Waals surface area contributed by atoms with E-state index in [0.717, 1.165) is 36.8 Å². The second-order valence-corrected chi connectivity index (χ2v) is 6.07. The topological polar surface area (TPSA) is 75.3 Å². The Balaban J connectivity index is 2.07. The summed E-state index contributed by atoms with van der Waals surface area (Å²) in [5, 5.41) is 12.5. The van der Waals surface area contributed by atoms with Gasteiger partial charge in [0.05, 0.1) is 6.61 Å². The minimum atomic E-state index is -0.125. The molecule has 0 aromatic heterocycles. The highest BCUT2D eigenvalue weighted by Crippen LogP contribution is 2.37. The van der Waals surface area contributed by atoms with Crippen LogP contribution in [0, 0.1) is 19.3 Å². The van der Waals surface area contributed by atoms with Gasteiger partial charge in [0.25, 0.3) is 5.91 Å². The van der Waals surface area contributed by atoms with Crippen molar-refractivity contribution in [2.24, 2.45) is 5.41 Å². The largest absolute Gasteiger partial charge is 0.398 e. The first-order valence-corrected chi connectivity index (χ1v) is 7.23. The lowest BCUT2D eigenvalue weighted by Gasteiger charge is -2.26. The van der Waals surface area contributed by atoms with Crippen molar-refractivity contribution in [3.63, 3.8) is 0 Å². The highest BCUT2D eigenvalue weighted by Gasteiger charge is 2.33. The third-order valence-corrected chi connectivity index (χ3v) is 4.48. The Morgan fingerprint density at radius 1 is 1.30 bits per heavy atom. The Bertz CT molecular complexity index is 505. The number of nitrogen functional groups attached to an aromatic ring is 1. The van der Waals surface area contributed by atoms with Crippen molar-refractivity contribution in [1.29, 1.82) is 0 Å². The number of aliphatic hydroxyl groups is 1. The Labute approximate surface area is 120 Å². The molecule has 20 heavy (non-hydrogen) atoms. The van der Waals surface area contributed by atoms with Crippen molar-refractivity contribution < 1.29 is 9.90 Å². The van der Waals surface area contributed by atoms with Crippen LogP contribution in [-0.2, 0) is 0 Å². The molecule has 0 spiro atoms. The smallest absolute Gasteiger partial charge is 0.251 e. The second-order valence-electron chi connectivity index (χ2n) is 6.07. The molecule has 0 heterocycles. The van der Waals surface area contributed by atoms with Gasteiger partial charge in [-0.15, -0.1) is 0 Å². The molecule has 0 unspecified atom stereocenters. The standard InChI is InChI=1S/C16H24N2O2/c1-11-7-12(2)14(17)8-13(11)15(20)18-9-16(10-19)5-3-4-6-16/h7-8,19H,3-6,9-10,17H2,1-2H3,(H,18,20). The first-order chi connectivity index (χ1) is 9.47. The zero-order valence-corrected chi connectivity index (χ0v) is 12.3. The summed E-state index contributed by atoms with van der Waals surface area (Å²) in [5.74, 6) is -0.103. The van der Waals surface area contributed by atoms with E-state index in [-0.39, 0.29) is 17.9 Å². The van der Waals surface area contributed by atoms with E-state index in [9.17, 15) is 9.90 Å². The number of amides is 1. The average Bonchev–Trinajstić information content (AvgIpc) is 2.90. The fourth-order valence-corrected chi connectivity index (χ4v) is 2.99. The Morgan fingerprint density at radius 3 is 2.55 bits per heavy atom. The summed E-state index contributed by atoms with van der Waals surface area (Å²) in [6, 6.07) is 3.67. The molecule has 4 nitrogen and oxygen atoms in total. The van der Waals surface area contributed by atoms with Crippen molar-refractivity contribution in [1.82, 2.24) is 5.32 Å². The van der Waals surface area contributed by atoms with Gasteiger partial charge in [-0.2, -0.15) is 0 Å². The van der Waals surface area contributed by atoms with Crippen LogP contribution in [0.3, 0.4) is 0 Å². The first-order valence-electron chi connectivity index (χ1n) is 7.23. The number of nitrogens with one attached hydrogen (secondary N) is 1. The maximum absolute atomic E-state index is 12.3. The van der Waals surface area contributed by atoms with Crippen molar-refractivity contribution in [3.05, 3.63) is 28.8 Å². The van der Waals surface area contributed by atoms with Gasteiger partial charge >= 0.3 is 0 Å². The van der Waals surface area contributed by atoms with Gasteiger partial charge in [-0.25, -0.2) is 0 Å². The van der Waals surface area contributed by atoms with E-state index >= 15 is 0 Å². The molecule has 4 N–H and O–H groups in total. The molecular weight excluding hydrogens is 252 g/mol. The minimum Gasteiger partial charge on any atom is -0.398 e. The molecule has 0 atom stereocenters. The molecule has 0 aliphatic heterocycles.